The van der Waals surface area contributed by atoms with Gasteiger partial charge in [-0.1, -0.05) is 0 Å². The Morgan fingerprint density at radius 2 is 2.14 bits per heavy atom. The summed E-state index contributed by atoms with van der Waals surface area (Å²) in [6.45, 7) is 12.1. The highest BCUT2D eigenvalue weighted by Crippen LogP contribution is 2.25. The summed E-state index contributed by atoms with van der Waals surface area (Å²) in [6, 6.07) is 4.40. The highest BCUT2D eigenvalue weighted by molar-refractivity contribution is 5.68. The summed E-state index contributed by atoms with van der Waals surface area (Å²) in [5.41, 5.74) is -0.446. The Kier molecular flexibility index (Phi) is 4.61. The van der Waals surface area contributed by atoms with Crippen LogP contribution in [0.3, 0.4) is 0 Å². The second kappa shape index (κ2) is 6.10. The van der Waals surface area contributed by atoms with Gasteiger partial charge in [-0.3, -0.25) is 4.90 Å². The fourth-order valence-electron chi connectivity index (χ4n) is 2.73. The van der Waals surface area contributed by atoms with E-state index >= 15 is 0 Å². The Bertz CT molecular complexity index is 464. The minimum atomic E-state index is -0.446. The summed E-state index contributed by atoms with van der Waals surface area (Å²) >= 11 is 0. The van der Waals surface area contributed by atoms with Gasteiger partial charge in [-0.25, -0.2) is 4.79 Å². The smallest absolute Gasteiger partial charge is 0.410 e. The van der Waals surface area contributed by atoms with Crippen LogP contribution in [0.5, 0.6) is 0 Å². The molecule has 0 saturated carbocycles. The lowest BCUT2D eigenvalue weighted by atomic mass is 10.1. The van der Waals surface area contributed by atoms with E-state index in [0.29, 0.717) is 13.1 Å². The van der Waals surface area contributed by atoms with Crippen molar-refractivity contribution < 1.29 is 13.9 Å². The second-order valence-corrected chi connectivity index (χ2v) is 6.70. The zero-order valence-electron chi connectivity index (χ0n) is 13.6. The third kappa shape index (κ3) is 4.00. The van der Waals surface area contributed by atoms with E-state index in [0.717, 1.165) is 12.3 Å². The lowest BCUT2D eigenvalue weighted by Crippen LogP contribution is -2.54. The molecule has 1 aromatic rings. The van der Waals surface area contributed by atoms with E-state index in [1.54, 1.807) is 11.2 Å². The SMILES string of the molecule is CC1CN(C(=O)OC(C)(C)C)CCN1C(C)c1ccco1. The van der Waals surface area contributed by atoms with E-state index in [4.69, 9.17) is 9.15 Å². The molecule has 1 aliphatic rings. The Hall–Kier alpha value is -1.49. The van der Waals surface area contributed by atoms with Crippen LogP contribution in [0.2, 0.25) is 0 Å². The van der Waals surface area contributed by atoms with Crippen molar-refractivity contribution in [2.75, 3.05) is 19.6 Å². The molecule has 0 aliphatic carbocycles. The zero-order chi connectivity index (χ0) is 15.6. The maximum Gasteiger partial charge on any atom is 0.410 e. The third-order valence-corrected chi connectivity index (χ3v) is 3.78. The van der Waals surface area contributed by atoms with Crippen LogP contribution in [-0.4, -0.2) is 47.2 Å². The molecule has 0 spiro atoms. The summed E-state index contributed by atoms with van der Waals surface area (Å²) in [4.78, 5) is 16.3. The summed E-state index contributed by atoms with van der Waals surface area (Å²) < 4.78 is 10.9. The number of ether oxygens (including phenoxy) is 1. The number of nitrogens with zero attached hydrogens (tertiary/aromatic N) is 2. The Morgan fingerprint density at radius 3 is 2.67 bits per heavy atom. The predicted molar refractivity (Wildman–Crippen MR) is 81.1 cm³/mol. The topological polar surface area (TPSA) is 45.9 Å². The highest BCUT2D eigenvalue weighted by atomic mass is 16.6. The van der Waals surface area contributed by atoms with Crippen LogP contribution in [0.15, 0.2) is 22.8 Å². The monoisotopic (exact) mass is 294 g/mol. The van der Waals surface area contributed by atoms with E-state index in [1.807, 2.05) is 32.9 Å². The van der Waals surface area contributed by atoms with Crippen molar-refractivity contribution in [3.63, 3.8) is 0 Å². The molecule has 2 rings (SSSR count). The standard InChI is InChI=1S/C16H26N2O3/c1-12-11-17(15(19)21-16(3,4)5)8-9-18(12)13(2)14-7-6-10-20-14/h6-7,10,12-13H,8-9,11H2,1-5H3. The predicted octanol–water partition coefficient (Wildman–Crippen LogP) is 3.28. The first kappa shape index (κ1) is 15.9. The van der Waals surface area contributed by atoms with Crippen molar-refractivity contribution in [3.8, 4) is 0 Å². The van der Waals surface area contributed by atoms with Gasteiger partial charge in [-0.05, 0) is 46.8 Å². The van der Waals surface area contributed by atoms with Gasteiger partial charge in [0.2, 0.25) is 0 Å². The minimum absolute atomic E-state index is 0.218. The second-order valence-electron chi connectivity index (χ2n) is 6.70. The van der Waals surface area contributed by atoms with Crippen molar-refractivity contribution in [1.82, 2.24) is 9.80 Å². The van der Waals surface area contributed by atoms with E-state index in [1.165, 1.54) is 0 Å². The van der Waals surface area contributed by atoms with Gasteiger partial charge in [0.15, 0.2) is 0 Å². The number of furan rings is 1. The van der Waals surface area contributed by atoms with Crippen molar-refractivity contribution in [1.29, 1.82) is 0 Å². The summed E-state index contributed by atoms with van der Waals surface area (Å²) in [5, 5.41) is 0. The molecule has 1 amide bonds. The van der Waals surface area contributed by atoms with E-state index in [9.17, 15) is 4.79 Å². The van der Waals surface area contributed by atoms with Crippen molar-refractivity contribution in [2.24, 2.45) is 0 Å². The number of rotatable bonds is 2. The van der Waals surface area contributed by atoms with Crippen LogP contribution in [0.25, 0.3) is 0 Å². The summed E-state index contributed by atoms with van der Waals surface area (Å²) in [5.74, 6) is 0.965. The normalized spacial score (nSPS) is 22.1. The molecule has 2 atom stereocenters. The van der Waals surface area contributed by atoms with Crippen LogP contribution in [0.1, 0.15) is 46.4 Å². The molecule has 0 radical (unpaired) electrons. The molecule has 5 heteroatoms. The molecule has 1 aromatic heterocycles. The average Bonchev–Trinajstić information content (AvgIpc) is 2.89. The van der Waals surface area contributed by atoms with Crippen LogP contribution >= 0.6 is 0 Å². The van der Waals surface area contributed by atoms with Crippen molar-refractivity contribution in [2.45, 2.75) is 52.3 Å². The highest BCUT2D eigenvalue weighted by Gasteiger charge is 2.32. The van der Waals surface area contributed by atoms with Gasteiger partial charge in [-0.15, -0.1) is 0 Å². The number of amides is 1. The van der Waals surface area contributed by atoms with Gasteiger partial charge in [-0.2, -0.15) is 0 Å². The molecule has 0 bridgehead atoms. The van der Waals surface area contributed by atoms with Crippen LogP contribution < -0.4 is 0 Å². The lowest BCUT2D eigenvalue weighted by molar-refractivity contribution is -0.00238. The van der Waals surface area contributed by atoms with Gasteiger partial charge < -0.3 is 14.1 Å². The Balaban J connectivity index is 1.94. The molecular weight excluding hydrogens is 268 g/mol. The number of piperazine rings is 1. The molecule has 5 nitrogen and oxygen atoms in total. The molecule has 0 aromatic carbocycles. The molecule has 0 N–H and O–H groups in total. The summed E-state index contributed by atoms with van der Waals surface area (Å²) in [6.07, 6.45) is 1.48. The average molecular weight is 294 g/mol. The molecule has 1 saturated heterocycles. The van der Waals surface area contributed by atoms with Crippen LogP contribution in [-0.2, 0) is 4.74 Å². The van der Waals surface area contributed by atoms with Gasteiger partial charge in [0.1, 0.15) is 11.4 Å². The van der Waals surface area contributed by atoms with E-state index in [2.05, 4.69) is 18.7 Å². The number of hydrogen-bond donors (Lipinski definition) is 0. The molecule has 1 aliphatic heterocycles. The van der Waals surface area contributed by atoms with Crippen LogP contribution in [0, 0.1) is 0 Å². The first-order valence-electron chi connectivity index (χ1n) is 7.55. The van der Waals surface area contributed by atoms with E-state index < -0.39 is 5.60 Å². The molecule has 2 heterocycles. The third-order valence-electron chi connectivity index (χ3n) is 3.78. The maximum atomic E-state index is 12.1. The molecule has 21 heavy (non-hydrogen) atoms. The number of carbonyl (C=O) groups is 1. The largest absolute Gasteiger partial charge is 0.468 e. The summed E-state index contributed by atoms with van der Waals surface area (Å²) in [7, 11) is 0. The van der Waals surface area contributed by atoms with Crippen molar-refractivity contribution >= 4 is 6.09 Å². The fraction of sp³-hybridized carbons (Fsp3) is 0.688. The zero-order valence-corrected chi connectivity index (χ0v) is 13.6. The molecule has 2 unspecified atom stereocenters. The number of carbonyl (C=O) groups excluding carboxylic acids is 1. The van der Waals surface area contributed by atoms with Gasteiger partial charge in [0.25, 0.3) is 0 Å². The van der Waals surface area contributed by atoms with Gasteiger partial charge in [0.05, 0.1) is 12.3 Å². The quantitative estimate of drug-likeness (QED) is 0.839. The molecule has 118 valence electrons. The Morgan fingerprint density at radius 1 is 1.43 bits per heavy atom. The lowest BCUT2D eigenvalue weighted by Gasteiger charge is -2.42. The Labute approximate surface area is 126 Å². The fourth-order valence-corrected chi connectivity index (χ4v) is 2.73. The molecule has 1 fully saturated rings. The number of hydrogen-bond acceptors (Lipinski definition) is 4. The maximum absolute atomic E-state index is 12.1. The minimum Gasteiger partial charge on any atom is -0.468 e. The first-order valence-corrected chi connectivity index (χ1v) is 7.55. The van der Waals surface area contributed by atoms with Crippen LogP contribution in [0.4, 0.5) is 4.79 Å². The first-order chi connectivity index (χ1) is 9.78. The molecular formula is C16H26N2O3. The van der Waals surface area contributed by atoms with Crippen molar-refractivity contribution in [3.05, 3.63) is 24.2 Å². The van der Waals surface area contributed by atoms with E-state index in [-0.39, 0.29) is 18.2 Å². The van der Waals surface area contributed by atoms with Gasteiger partial charge in [0, 0.05) is 25.7 Å². The van der Waals surface area contributed by atoms with Gasteiger partial charge >= 0.3 is 6.09 Å².